The second-order valence-electron chi connectivity index (χ2n) is 12.1. The van der Waals surface area contributed by atoms with E-state index in [4.69, 9.17) is 0 Å². The Balaban J connectivity index is 2.16. The maximum atomic E-state index is 13.7. The Morgan fingerprint density at radius 1 is 0.917 bits per heavy atom. The van der Waals surface area contributed by atoms with Gasteiger partial charge in [0.05, 0.1) is 12.1 Å². The molecule has 7 nitrogen and oxygen atoms in total. The first kappa shape index (κ1) is 30.3. The molecule has 2 fully saturated rings. The van der Waals surface area contributed by atoms with Gasteiger partial charge in [-0.3, -0.25) is 19.3 Å². The molecular weight excluding hydrogens is 452 g/mol. The number of hydrogen-bond acceptors (Lipinski definition) is 4. The Morgan fingerprint density at radius 2 is 1.53 bits per heavy atom. The summed E-state index contributed by atoms with van der Waals surface area (Å²) in [6, 6.07) is -0.736. The number of likely N-dealkylation sites (N-methyl/N-ethyl adjacent to an activating group) is 1. The summed E-state index contributed by atoms with van der Waals surface area (Å²) in [6.07, 6.45) is 6.99. The maximum Gasteiger partial charge on any atom is 0.249 e. The highest BCUT2D eigenvalue weighted by atomic mass is 16.2. The monoisotopic (exact) mass is 504 g/mol. The zero-order chi connectivity index (χ0) is 27.2. The quantitative estimate of drug-likeness (QED) is 0.480. The van der Waals surface area contributed by atoms with Crippen LogP contribution in [-0.4, -0.2) is 83.3 Å². The number of nitrogens with one attached hydrogen (secondary N) is 1. The molecule has 3 atom stereocenters. The summed E-state index contributed by atoms with van der Waals surface area (Å²) in [5.41, 5.74) is 0.683. The van der Waals surface area contributed by atoms with Crippen molar-refractivity contribution in [3.8, 4) is 0 Å². The number of amides is 3. The minimum Gasteiger partial charge on any atom is -0.343 e. The van der Waals surface area contributed by atoms with Gasteiger partial charge in [0, 0.05) is 31.8 Å². The van der Waals surface area contributed by atoms with Gasteiger partial charge in [-0.05, 0) is 70.8 Å². The second-order valence-corrected chi connectivity index (χ2v) is 12.1. The van der Waals surface area contributed by atoms with Crippen molar-refractivity contribution < 1.29 is 14.4 Å². The van der Waals surface area contributed by atoms with E-state index in [1.807, 2.05) is 31.7 Å². The third-order valence-corrected chi connectivity index (χ3v) is 8.05. The Labute approximate surface area is 220 Å². The van der Waals surface area contributed by atoms with Crippen molar-refractivity contribution in [2.45, 2.75) is 112 Å². The largest absolute Gasteiger partial charge is 0.343 e. The predicted molar refractivity (Wildman–Crippen MR) is 146 cm³/mol. The lowest BCUT2D eigenvalue weighted by Gasteiger charge is -2.39. The molecule has 0 aliphatic carbocycles. The van der Waals surface area contributed by atoms with E-state index >= 15 is 0 Å². The summed E-state index contributed by atoms with van der Waals surface area (Å²) >= 11 is 0. The molecule has 206 valence electrons. The van der Waals surface area contributed by atoms with E-state index in [0.29, 0.717) is 11.5 Å². The van der Waals surface area contributed by atoms with Crippen LogP contribution in [0.3, 0.4) is 0 Å². The van der Waals surface area contributed by atoms with E-state index in [1.54, 1.807) is 11.9 Å². The van der Waals surface area contributed by atoms with Crippen molar-refractivity contribution in [2.75, 3.05) is 26.7 Å². The SMILES string of the molecule is CC(=C[C@H](C(C)C)N(C)C(=O)[C@@H](NC(=O)[C@H]1CCCCN1C(C)C)C(C)C)C(=O)N1CCC(C)CC1. The summed E-state index contributed by atoms with van der Waals surface area (Å²) in [7, 11) is 1.80. The normalized spacial score (nSPS) is 22.2. The lowest BCUT2D eigenvalue weighted by atomic mass is 9.95. The number of hydrogen-bond donors (Lipinski definition) is 1. The standard InChI is InChI=1S/C29H52N4O3/c1-19(2)25(18-23(8)28(35)32-16-13-22(7)14-17-32)31(9)29(36)26(20(3)4)30-27(34)24-12-10-11-15-33(24)21(5)6/h18-22,24-26H,10-17H2,1-9H3,(H,30,34)/t24-,25-,26+/m1/s1. The predicted octanol–water partition coefficient (Wildman–Crippen LogP) is 4.08. The fourth-order valence-electron chi connectivity index (χ4n) is 5.52. The molecule has 0 aromatic heterocycles. The fourth-order valence-corrected chi connectivity index (χ4v) is 5.52. The molecule has 0 radical (unpaired) electrons. The van der Waals surface area contributed by atoms with E-state index in [-0.39, 0.29) is 47.7 Å². The van der Waals surface area contributed by atoms with Crippen molar-refractivity contribution >= 4 is 17.7 Å². The summed E-state index contributed by atoms with van der Waals surface area (Å²) in [4.78, 5) is 46.1. The molecule has 0 saturated carbocycles. The third-order valence-electron chi connectivity index (χ3n) is 8.05. The molecule has 0 bridgehead atoms. The van der Waals surface area contributed by atoms with Crippen LogP contribution in [0.4, 0.5) is 0 Å². The van der Waals surface area contributed by atoms with Crippen LogP contribution in [0.2, 0.25) is 0 Å². The van der Waals surface area contributed by atoms with Crippen molar-refractivity contribution in [2.24, 2.45) is 17.8 Å². The topological polar surface area (TPSA) is 73.0 Å². The second kappa shape index (κ2) is 13.6. The Bertz CT molecular complexity index is 783. The van der Waals surface area contributed by atoms with Gasteiger partial charge in [0.2, 0.25) is 17.7 Å². The molecule has 0 aromatic carbocycles. The van der Waals surface area contributed by atoms with Crippen molar-refractivity contribution in [3.05, 3.63) is 11.6 Å². The Hall–Kier alpha value is -1.89. The van der Waals surface area contributed by atoms with Crippen LogP contribution in [0.5, 0.6) is 0 Å². The molecule has 1 N–H and O–H groups in total. The highest BCUT2D eigenvalue weighted by Gasteiger charge is 2.36. The van der Waals surface area contributed by atoms with Crippen molar-refractivity contribution in [1.82, 2.24) is 20.0 Å². The van der Waals surface area contributed by atoms with Crippen LogP contribution < -0.4 is 5.32 Å². The van der Waals surface area contributed by atoms with Crippen LogP contribution in [0.15, 0.2) is 11.6 Å². The van der Waals surface area contributed by atoms with Crippen LogP contribution in [0.25, 0.3) is 0 Å². The lowest BCUT2D eigenvalue weighted by Crippen LogP contribution is -2.58. The Kier molecular flexibility index (Phi) is 11.5. The average molecular weight is 505 g/mol. The molecular formula is C29H52N4O3. The first-order chi connectivity index (χ1) is 16.8. The van der Waals surface area contributed by atoms with Crippen molar-refractivity contribution in [1.29, 1.82) is 0 Å². The van der Waals surface area contributed by atoms with Crippen LogP contribution in [0.1, 0.15) is 87.5 Å². The summed E-state index contributed by atoms with van der Waals surface area (Å²) < 4.78 is 0. The Morgan fingerprint density at radius 3 is 2.06 bits per heavy atom. The lowest BCUT2D eigenvalue weighted by molar-refractivity contribution is -0.140. The van der Waals surface area contributed by atoms with Crippen LogP contribution in [0, 0.1) is 17.8 Å². The number of piperidine rings is 2. The molecule has 0 aromatic rings. The van der Waals surface area contributed by atoms with E-state index < -0.39 is 6.04 Å². The average Bonchev–Trinajstić information content (AvgIpc) is 2.84. The molecule has 2 aliphatic heterocycles. The van der Waals surface area contributed by atoms with E-state index in [0.717, 1.165) is 51.7 Å². The van der Waals surface area contributed by atoms with Gasteiger partial charge in [-0.15, -0.1) is 0 Å². The minimum atomic E-state index is -0.604. The first-order valence-corrected chi connectivity index (χ1v) is 14.2. The highest BCUT2D eigenvalue weighted by molar-refractivity contribution is 5.93. The number of carbonyl (C=O) groups excluding carboxylic acids is 3. The van der Waals surface area contributed by atoms with Gasteiger partial charge in [-0.1, -0.05) is 47.1 Å². The molecule has 7 heteroatoms. The number of nitrogens with zero attached hydrogens (tertiary/aromatic N) is 3. The van der Waals surface area contributed by atoms with Gasteiger partial charge >= 0.3 is 0 Å². The van der Waals surface area contributed by atoms with Gasteiger partial charge in [0.25, 0.3) is 0 Å². The molecule has 3 amide bonds. The molecule has 36 heavy (non-hydrogen) atoms. The summed E-state index contributed by atoms with van der Waals surface area (Å²) in [5.74, 6) is 0.651. The van der Waals surface area contributed by atoms with Gasteiger partial charge in [-0.25, -0.2) is 0 Å². The van der Waals surface area contributed by atoms with Crippen LogP contribution >= 0.6 is 0 Å². The summed E-state index contributed by atoms with van der Waals surface area (Å²) in [5, 5.41) is 3.11. The van der Waals surface area contributed by atoms with Gasteiger partial charge in [0.1, 0.15) is 6.04 Å². The fraction of sp³-hybridized carbons (Fsp3) is 0.828. The van der Waals surface area contributed by atoms with Gasteiger partial charge in [-0.2, -0.15) is 0 Å². The molecule has 2 saturated heterocycles. The van der Waals surface area contributed by atoms with Gasteiger partial charge < -0.3 is 15.1 Å². The molecule has 2 heterocycles. The summed E-state index contributed by atoms with van der Waals surface area (Å²) in [6.45, 7) is 18.9. The van der Waals surface area contributed by atoms with Crippen LogP contribution in [-0.2, 0) is 14.4 Å². The molecule has 2 rings (SSSR count). The van der Waals surface area contributed by atoms with E-state index in [1.165, 1.54) is 0 Å². The molecule has 0 unspecified atom stereocenters. The maximum absolute atomic E-state index is 13.7. The van der Waals surface area contributed by atoms with Gasteiger partial charge in [0.15, 0.2) is 0 Å². The highest BCUT2D eigenvalue weighted by Crippen LogP contribution is 2.22. The number of rotatable bonds is 9. The van der Waals surface area contributed by atoms with E-state index in [9.17, 15) is 14.4 Å². The molecule has 2 aliphatic rings. The smallest absolute Gasteiger partial charge is 0.249 e. The van der Waals surface area contributed by atoms with Crippen molar-refractivity contribution in [3.63, 3.8) is 0 Å². The zero-order valence-corrected chi connectivity index (χ0v) is 24.3. The van der Waals surface area contributed by atoms with E-state index in [2.05, 4.69) is 44.8 Å². The number of carbonyl (C=O) groups is 3. The third kappa shape index (κ3) is 7.80. The number of likely N-dealkylation sites (tertiary alicyclic amines) is 2. The minimum absolute atomic E-state index is 0.0464. The molecule has 0 spiro atoms. The zero-order valence-electron chi connectivity index (χ0n) is 24.3. The first-order valence-electron chi connectivity index (χ1n) is 14.2.